The molecule has 0 bridgehead atoms. The lowest BCUT2D eigenvalue weighted by Crippen LogP contribution is -2.29. The monoisotopic (exact) mass is 260 g/mol. The van der Waals surface area contributed by atoms with Crippen molar-refractivity contribution < 1.29 is 13.6 Å². The molecule has 1 saturated heterocycles. The summed E-state index contributed by atoms with van der Waals surface area (Å²) < 4.78 is 22.4. The van der Waals surface area contributed by atoms with Gasteiger partial charge >= 0.3 is 8.25 Å². The van der Waals surface area contributed by atoms with Gasteiger partial charge in [0.1, 0.15) is 0 Å². The summed E-state index contributed by atoms with van der Waals surface area (Å²) in [5, 5.41) is 0. The Bertz CT molecular complexity index is 514. The van der Waals surface area contributed by atoms with Gasteiger partial charge in [0.25, 0.3) is 0 Å². The number of rotatable bonds is 2. The summed E-state index contributed by atoms with van der Waals surface area (Å²) >= 11 is 0. The second kappa shape index (κ2) is 4.69. The molecule has 1 fully saturated rings. The van der Waals surface area contributed by atoms with Crippen LogP contribution in [0, 0.1) is 0 Å². The molecule has 1 aliphatic rings. The third-order valence-electron chi connectivity index (χ3n) is 3.13. The quantitative estimate of drug-likeness (QED) is 0.776. The van der Waals surface area contributed by atoms with Crippen LogP contribution < -0.4 is 0 Å². The molecule has 18 heavy (non-hydrogen) atoms. The fraction of sp³-hybridized carbons (Fsp3) is 0.143. The van der Waals surface area contributed by atoms with Crippen molar-refractivity contribution in [2.75, 3.05) is 6.61 Å². The summed E-state index contributed by atoms with van der Waals surface area (Å²) in [6.07, 6.45) is 0. The maximum Gasteiger partial charge on any atom is 0.320 e. The second-order valence-corrected chi connectivity index (χ2v) is 5.19. The SMILES string of the molecule is O=[PH]1OCC(c2ccccc2)(c2ccccc2)O1. The number of hydrogen-bond acceptors (Lipinski definition) is 3. The molecule has 3 nitrogen and oxygen atoms in total. The third-order valence-corrected chi connectivity index (χ3v) is 4.03. The Morgan fingerprint density at radius 1 is 0.889 bits per heavy atom. The van der Waals surface area contributed by atoms with E-state index in [2.05, 4.69) is 0 Å². The molecule has 0 saturated carbocycles. The minimum absolute atomic E-state index is 0.290. The molecule has 92 valence electrons. The molecular weight excluding hydrogens is 247 g/mol. The topological polar surface area (TPSA) is 35.5 Å². The van der Waals surface area contributed by atoms with Crippen molar-refractivity contribution in [1.82, 2.24) is 0 Å². The molecule has 1 aliphatic heterocycles. The molecule has 3 rings (SSSR count). The number of benzene rings is 2. The number of hydrogen-bond donors (Lipinski definition) is 0. The predicted octanol–water partition coefficient (Wildman–Crippen LogP) is 3.37. The molecule has 0 aliphatic carbocycles. The highest BCUT2D eigenvalue weighted by atomic mass is 31.1. The standard InChI is InChI=1S/C14H13O3P/c15-18-16-11-14(17-18,12-7-3-1-4-8-12)13-9-5-2-6-10-13/h1-10,18H,11H2. The molecule has 2 aromatic rings. The van der Waals surface area contributed by atoms with Crippen molar-refractivity contribution >= 4 is 8.25 Å². The summed E-state index contributed by atoms with van der Waals surface area (Å²) in [6, 6.07) is 19.5. The molecule has 0 N–H and O–H groups in total. The van der Waals surface area contributed by atoms with Crippen molar-refractivity contribution in [2.45, 2.75) is 5.60 Å². The molecule has 4 heteroatoms. The van der Waals surface area contributed by atoms with E-state index in [9.17, 15) is 4.57 Å². The zero-order valence-electron chi connectivity index (χ0n) is 9.71. The average molecular weight is 260 g/mol. The van der Waals surface area contributed by atoms with Gasteiger partial charge in [-0.3, -0.25) is 9.09 Å². The molecule has 1 atom stereocenters. The zero-order chi connectivity index (χ0) is 12.4. The van der Waals surface area contributed by atoms with Gasteiger partial charge in [-0.15, -0.1) is 0 Å². The van der Waals surface area contributed by atoms with Gasteiger partial charge in [0.05, 0.1) is 6.61 Å². The van der Waals surface area contributed by atoms with Gasteiger partial charge in [0, 0.05) is 0 Å². The minimum Gasteiger partial charge on any atom is -0.307 e. The van der Waals surface area contributed by atoms with Crippen LogP contribution in [0.3, 0.4) is 0 Å². The zero-order valence-corrected chi connectivity index (χ0v) is 10.7. The van der Waals surface area contributed by atoms with E-state index in [-0.39, 0.29) is 0 Å². The van der Waals surface area contributed by atoms with Gasteiger partial charge in [-0.2, -0.15) is 0 Å². The fourth-order valence-electron chi connectivity index (χ4n) is 2.23. The van der Waals surface area contributed by atoms with Gasteiger partial charge in [-0.1, -0.05) is 60.7 Å². The highest BCUT2D eigenvalue weighted by Crippen LogP contribution is 2.49. The lowest BCUT2D eigenvalue weighted by atomic mass is 9.87. The van der Waals surface area contributed by atoms with Crippen molar-refractivity contribution in [2.24, 2.45) is 0 Å². The highest BCUT2D eigenvalue weighted by Gasteiger charge is 2.43. The lowest BCUT2D eigenvalue weighted by Gasteiger charge is -2.26. The molecular formula is C14H13O3P. The predicted molar refractivity (Wildman–Crippen MR) is 69.7 cm³/mol. The summed E-state index contributed by atoms with van der Waals surface area (Å²) in [6.45, 7) is 0.290. The Morgan fingerprint density at radius 3 is 1.78 bits per heavy atom. The van der Waals surface area contributed by atoms with Crippen molar-refractivity contribution in [1.29, 1.82) is 0 Å². The maximum atomic E-state index is 11.5. The van der Waals surface area contributed by atoms with E-state index in [1.807, 2.05) is 60.7 Å². The van der Waals surface area contributed by atoms with E-state index in [1.165, 1.54) is 0 Å². The van der Waals surface area contributed by atoms with Crippen LogP contribution in [-0.4, -0.2) is 6.61 Å². The molecule has 0 spiro atoms. The first kappa shape index (κ1) is 11.7. The molecule has 2 aromatic carbocycles. The van der Waals surface area contributed by atoms with Crippen LogP contribution in [0.5, 0.6) is 0 Å². The largest absolute Gasteiger partial charge is 0.320 e. The summed E-state index contributed by atoms with van der Waals surface area (Å²) in [7, 11) is -2.41. The third kappa shape index (κ3) is 1.91. The van der Waals surface area contributed by atoms with Gasteiger partial charge in [0.15, 0.2) is 5.60 Å². The maximum absolute atomic E-state index is 11.5. The smallest absolute Gasteiger partial charge is 0.307 e. The van der Waals surface area contributed by atoms with E-state index in [1.54, 1.807) is 0 Å². The Morgan fingerprint density at radius 2 is 1.39 bits per heavy atom. The summed E-state index contributed by atoms with van der Waals surface area (Å²) in [5.74, 6) is 0. The van der Waals surface area contributed by atoms with Gasteiger partial charge in [-0.05, 0) is 11.1 Å². The van der Waals surface area contributed by atoms with E-state index in [0.29, 0.717) is 6.61 Å². The van der Waals surface area contributed by atoms with Gasteiger partial charge in [-0.25, -0.2) is 0 Å². The Kier molecular flexibility index (Phi) is 3.04. The first-order chi connectivity index (χ1) is 8.81. The van der Waals surface area contributed by atoms with Crippen LogP contribution in [0.15, 0.2) is 60.7 Å². The second-order valence-electron chi connectivity index (χ2n) is 4.20. The van der Waals surface area contributed by atoms with E-state index >= 15 is 0 Å². The van der Waals surface area contributed by atoms with Crippen molar-refractivity contribution in [3.63, 3.8) is 0 Å². The van der Waals surface area contributed by atoms with Crippen LogP contribution in [0.25, 0.3) is 0 Å². The molecule has 0 aromatic heterocycles. The minimum atomic E-state index is -2.41. The van der Waals surface area contributed by atoms with Gasteiger partial charge < -0.3 is 4.52 Å². The Labute approximate surface area is 106 Å². The molecule has 0 amide bonds. The van der Waals surface area contributed by atoms with Crippen LogP contribution in [0.2, 0.25) is 0 Å². The van der Waals surface area contributed by atoms with Crippen molar-refractivity contribution in [3.05, 3.63) is 71.8 Å². The van der Waals surface area contributed by atoms with Gasteiger partial charge in [0.2, 0.25) is 0 Å². The van der Waals surface area contributed by atoms with Crippen LogP contribution in [0.4, 0.5) is 0 Å². The van der Waals surface area contributed by atoms with E-state index < -0.39 is 13.9 Å². The van der Waals surface area contributed by atoms with E-state index in [0.717, 1.165) is 11.1 Å². The van der Waals surface area contributed by atoms with Crippen molar-refractivity contribution in [3.8, 4) is 0 Å². The van der Waals surface area contributed by atoms with Crippen LogP contribution in [0.1, 0.15) is 11.1 Å². The average Bonchev–Trinajstić information content (AvgIpc) is 2.84. The summed E-state index contributed by atoms with van der Waals surface area (Å²) in [5.41, 5.74) is 1.19. The fourth-order valence-corrected chi connectivity index (χ4v) is 3.19. The molecule has 0 radical (unpaired) electrons. The molecule has 1 unspecified atom stereocenters. The van der Waals surface area contributed by atoms with Crippen LogP contribution in [-0.2, 0) is 19.2 Å². The highest BCUT2D eigenvalue weighted by molar-refractivity contribution is 7.33. The molecule has 1 heterocycles. The Balaban J connectivity index is 2.14. The lowest BCUT2D eigenvalue weighted by molar-refractivity contribution is 0.142. The normalized spacial score (nSPS) is 21.9. The Hall–Kier alpha value is -1.41. The summed E-state index contributed by atoms with van der Waals surface area (Å²) in [4.78, 5) is 0. The van der Waals surface area contributed by atoms with E-state index in [4.69, 9.17) is 9.05 Å². The first-order valence-corrected chi connectivity index (χ1v) is 7.00. The van der Waals surface area contributed by atoms with Crippen LogP contribution >= 0.6 is 8.25 Å². The first-order valence-electron chi connectivity index (χ1n) is 5.78.